The van der Waals surface area contributed by atoms with E-state index in [0.717, 1.165) is 6.07 Å². The van der Waals surface area contributed by atoms with Crippen LogP contribution in [0.5, 0.6) is 17.2 Å². The topological polar surface area (TPSA) is 177 Å². The number of carbonyl (C=O) groups excluding carboxylic acids is 1. The summed E-state index contributed by atoms with van der Waals surface area (Å²) in [6.45, 7) is -0.667. The van der Waals surface area contributed by atoms with Crippen LogP contribution >= 0.6 is 0 Å². The Balaban J connectivity index is 1.89. The van der Waals surface area contributed by atoms with Gasteiger partial charge >= 0.3 is 0 Å². The number of carbonyl (C=O) groups is 1. The summed E-state index contributed by atoms with van der Waals surface area (Å²) in [5.74, 6) is -1.43. The highest BCUT2D eigenvalue weighted by Crippen LogP contribution is 2.28. The normalized spacial score (nSPS) is 27.0. The molecule has 1 fully saturated rings. The fraction of sp³-hybridized carbons (Fsp3) is 0.381. The Labute approximate surface area is 177 Å². The number of ketones is 1. The Morgan fingerprint density at radius 3 is 2.19 bits per heavy atom. The van der Waals surface area contributed by atoms with Crippen LogP contribution in [0, 0.1) is 0 Å². The van der Waals surface area contributed by atoms with Gasteiger partial charge in [0.1, 0.15) is 47.8 Å². The van der Waals surface area contributed by atoms with Crippen LogP contribution in [0.3, 0.4) is 0 Å². The number of ether oxygens (including phenoxy) is 2. The standard InChI is InChI=1S/C21H24O10/c22-9-16-18(27)19(28)20(29)21(31-16)30-15(7-10-1-3-11(23)4-2-10)17(26)13-6-5-12(24)8-14(13)25/h1-6,8,15-16,18-25,27-29H,7,9H2. The van der Waals surface area contributed by atoms with Gasteiger partial charge in [-0.3, -0.25) is 4.79 Å². The minimum Gasteiger partial charge on any atom is -0.508 e. The lowest BCUT2D eigenvalue weighted by molar-refractivity contribution is -0.306. The van der Waals surface area contributed by atoms with Gasteiger partial charge in [-0.2, -0.15) is 0 Å². The Kier molecular flexibility index (Phi) is 7.11. The molecule has 6 unspecified atom stereocenters. The molecule has 0 amide bonds. The van der Waals surface area contributed by atoms with Crippen molar-refractivity contribution in [2.45, 2.75) is 43.2 Å². The first kappa shape index (κ1) is 22.9. The van der Waals surface area contributed by atoms with E-state index in [0.29, 0.717) is 5.56 Å². The van der Waals surface area contributed by atoms with E-state index in [1.165, 1.54) is 24.3 Å². The summed E-state index contributed by atoms with van der Waals surface area (Å²) in [7, 11) is 0. The number of rotatable bonds is 7. The van der Waals surface area contributed by atoms with Crippen LogP contribution in [0.25, 0.3) is 0 Å². The number of hydrogen-bond acceptors (Lipinski definition) is 10. The SMILES string of the molecule is O=C(c1ccc(O)cc1O)C(Cc1ccc(O)cc1)OC1OC(CO)C(O)C(O)C1O. The van der Waals surface area contributed by atoms with Crippen molar-refractivity contribution in [3.63, 3.8) is 0 Å². The lowest BCUT2D eigenvalue weighted by atomic mass is 9.97. The van der Waals surface area contributed by atoms with E-state index < -0.39 is 54.9 Å². The second-order valence-corrected chi connectivity index (χ2v) is 7.26. The molecule has 6 atom stereocenters. The van der Waals surface area contributed by atoms with Crippen LogP contribution < -0.4 is 0 Å². The minimum absolute atomic E-state index is 0.0117. The first-order valence-electron chi connectivity index (χ1n) is 9.51. The maximum absolute atomic E-state index is 13.1. The van der Waals surface area contributed by atoms with Crippen molar-refractivity contribution in [1.29, 1.82) is 0 Å². The molecule has 1 aliphatic heterocycles. The molecule has 2 aromatic carbocycles. The maximum Gasteiger partial charge on any atom is 0.195 e. The zero-order chi connectivity index (χ0) is 22.7. The van der Waals surface area contributed by atoms with E-state index in [2.05, 4.69) is 0 Å². The molecule has 168 valence electrons. The number of phenols is 3. The number of hydrogen-bond donors (Lipinski definition) is 7. The smallest absolute Gasteiger partial charge is 0.195 e. The molecule has 0 radical (unpaired) electrons. The number of Topliss-reactive ketones (excluding diaryl/α,β-unsaturated/α-hetero) is 1. The predicted octanol–water partition coefficient (Wildman–Crippen LogP) is -0.586. The third kappa shape index (κ3) is 5.13. The largest absolute Gasteiger partial charge is 0.508 e. The fourth-order valence-corrected chi connectivity index (χ4v) is 3.29. The van der Waals surface area contributed by atoms with E-state index in [1.54, 1.807) is 12.1 Å². The summed E-state index contributed by atoms with van der Waals surface area (Å²) in [4.78, 5) is 13.1. The van der Waals surface area contributed by atoms with Crippen LogP contribution in [-0.2, 0) is 15.9 Å². The van der Waals surface area contributed by atoms with Crippen molar-refractivity contribution < 1.29 is 50.0 Å². The molecule has 1 heterocycles. The number of aliphatic hydroxyl groups is 4. The molecule has 3 rings (SSSR count). The molecular formula is C21H24O10. The van der Waals surface area contributed by atoms with E-state index in [9.17, 15) is 40.5 Å². The average Bonchev–Trinajstić information content (AvgIpc) is 2.74. The van der Waals surface area contributed by atoms with Crippen molar-refractivity contribution >= 4 is 5.78 Å². The van der Waals surface area contributed by atoms with Crippen LogP contribution in [0.4, 0.5) is 0 Å². The lowest BCUT2D eigenvalue weighted by Crippen LogP contribution is -2.60. The first-order valence-corrected chi connectivity index (χ1v) is 9.51. The van der Waals surface area contributed by atoms with Gasteiger partial charge in [0.05, 0.1) is 12.2 Å². The van der Waals surface area contributed by atoms with Crippen molar-refractivity contribution in [3.05, 3.63) is 53.6 Å². The number of aromatic hydroxyl groups is 3. The molecule has 10 heteroatoms. The summed E-state index contributed by atoms with van der Waals surface area (Å²) in [5.41, 5.74) is 0.408. The van der Waals surface area contributed by atoms with E-state index in [4.69, 9.17) is 9.47 Å². The highest BCUT2D eigenvalue weighted by Gasteiger charge is 2.45. The van der Waals surface area contributed by atoms with Gasteiger partial charge in [0.15, 0.2) is 12.1 Å². The summed E-state index contributed by atoms with van der Waals surface area (Å²) in [6, 6.07) is 9.29. The Morgan fingerprint density at radius 1 is 0.935 bits per heavy atom. The molecule has 7 N–H and O–H groups in total. The summed E-state index contributed by atoms with van der Waals surface area (Å²) in [6.07, 6.45) is -9.19. The molecular weight excluding hydrogens is 412 g/mol. The fourth-order valence-electron chi connectivity index (χ4n) is 3.29. The minimum atomic E-state index is -1.72. The van der Waals surface area contributed by atoms with E-state index >= 15 is 0 Å². The van der Waals surface area contributed by atoms with Gasteiger partial charge in [-0.25, -0.2) is 0 Å². The number of aliphatic hydroxyl groups excluding tert-OH is 4. The number of phenolic OH excluding ortho intramolecular Hbond substituents is 3. The second kappa shape index (κ2) is 9.60. The molecule has 31 heavy (non-hydrogen) atoms. The zero-order valence-corrected chi connectivity index (χ0v) is 16.3. The highest BCUT2D eigenvalue weighted by atomic mass is 16.7. The maximum atomic E-state index is 13.1. The predicted molar refractivity (Wildman–Crippen MR) is 105 cm³/mol. The lowest BCUT2D eigenvalue weighted by Gasteiger charge is -2.40. The Hall–Kier alpha value is -2.73. The average molecular weight is 436 g/mol. The van der Waals surface area contributed by atoms with Gasteiger partial charge in [-0.05, 0) is 29.8 Å². The molecule has 0 aliphatic carbocycles. The van der Waals surface area contributed by atoms with Crippen molar-refractivity contribution in [1.82, 2.24) is 0 Å². The monoisotopic (exact) mass is 436 g/mol. The van der Waals surface area contributed by atoms with Gasteiger partial charge in [0.25, 0.3) is 0 Å². The molecule has 0 spiro atoms. The summed E-state index contributed by atoms with van der Waals surface area (Å²) < 4.78 is 11.0. The molecule has 0 saturated carbocycles. The van der Waals surface area contributed by atoms with E-state index in [-0.39, 0.29) is 23.5 Å². The Bertz CT molecular complexity index is 898. The molecule has 1 saturated heterocycles. The van der Waals surface area contributed by atoms with Crippen LogP contribution in [0.2, 0.25) is 0 Å². The molecule has 1 aliphatic rings. The van der Waals surface area contributed by atoms with Gasteiger partial charge in [0.2, 0.25) is 0 Å². The van der Waals surface area contributed by atoms with Gasteiger partial charge in [-0.15, -0.1) is 0 Å². The van der Waals surface area contributed by atoms with Crippen LogP contribution in [0.1, 0.15) is 15.9 Å². The van der Waals surface area contributed by atoms with Gasteiger partial charge < -0.3 is 45.2 Å². The van der Waals surface area contributed by atoms with Gasteiger partial charge in [0, 0.05) is 12.5 Å². The number of benzene rings is 2. The van der Waals surface area contributed by atoms with Crippen molar-refractivity contribution in [2.75, 3.05) is 6.61 Å². The Morgan fingerprint density at radius 2 is 1.58 bits per heavy atom. The quantitative estimate of drug-likeness (QED) is 0.278. The second-order valence-electron chi connectivity index (χ2n) is 7.26. The third-order valence-electron chi connectivity index (χ3n) is 5.04. The molecule has 0 aromatic heterocycles. The zero-order valence-electron chi connectivity index (χ0n) is 16.3. The van der Waals surface area contributed by atoms with E-state index in [1.807, 2.05) is 0 Å². The molecule has 0 bridgehead atoms. The van der Waals surface area contributed by atoms with Crippen molar-refractivity contribution in [3.8, 4) is 17.2 Å². The first-order chi connectivity index (χ1) is 14.7. The van der Waals surface area contributed by atoms with Crippen molar-refractivity contribution in [2.24, 2.45) is 0 Å². The van der Waals surface area contributed by atoms with Crippen LogP contribution in [0.15, 0.2) is 42.5 Å². The third-order valence-corrected chi connectivity index (χ3v) is 5.04. The molecule has 2 aromatic rings. The summed E-state index contributed by atoms with van der Waals surface area (Å²) in [5, 5.41) is 68.5. The van der Waals surface area contributed by atoms with Gasteiger partial charge in [-0.1, -0.05) is 12.1 Å². The summed E-state index contributed by atoms with van der Waals surface area (Å²) >= 11 is 0. The molecule has 10 nitrogen and oxygen atoms in total. The van der Waals surface area contributed by atoms with Crippen LogP contribution in [-0.4, -0.2) is 84.9 Å². The highest BCUT2D eigenvalue weighted by molar-refractivity contribution is 6.02.